The monoisotopic (exact) mass is 310 g/mol. The summed E-state index contributed by atoms with van der Waals surface area (Å²) < 4.78 is 0. The Balaban J connectivity index is 1.57. The highest BCUT2D eigenvalue weighted by Crippen LogP contribution is 2.33. The Hall–Kier alpha value is -1.54. The van der Waals surface area contributed by atoms with E-state index in [-0.39, 0.29) is 0 Å². The van der Waals surface area contributed by atoms with Crippen LogP contribution in [0.5, 0.6) is 0 Å². The third kappa shape index (κ3) is 3.80. The Morgan fingerprint density at radius 3 is 2.23 bits per heavy atom. The molecule has 2 aromatic rings. The van der Waals surface area contributed by atoms with E-state index in [2.05, 4.69) is 50.2 Å². The molecule has 1 nitrogen and oxygen atoms in total. The molecule has 22 heavy (non-hydrogen) atoms. The van der Waals surface area contributed by atoms with Crippen molar-refractivity contribution in [2.75, 3.05) is 0 Å². The highest BCUT2D eigenvalue weighted by Gasteiger charge is 2.30. The second-order valence-corrected chi connectivity index (χ2v) is 7.40. The average Bonchev–Trinajstić information content (AvgIpc) is 3.38. The van der Waals surface area contributed by atoms with Crippen molar-refractivity contribution in [3.8, 4) is 0 Å². The Labute approximate surface area is 137 Å². The molecule has 0 N–H and O–H groups in total. The molecule has 1 fully saturated rings. The van der Waals surface area contributed by atoms with Crippen molar-refractivity contribution in [1.82, 2.24) is 0 Å². The maximum Gasteiger partial charge on any atom is 0.165 e. The summed E-state index contributed by atoms with van der Waals surface area (Å²) in [6.07, 6.45) is 2.14. The standard InChI is InChI=1S/C20H22OS/c1-14(2)16-5-3-15(4-6-16)13-22-19-11-9-18(10-12-19)20(21)17-7-8-17/h3-6,9-12,14,17H,7-8,13H2,1-2H3. The largest absolute Gasteiger partial charge is 0.294 e. The Morgan fingerprint density at radius 2 is 1.68 bits per heavy atom. The van der Waals surface area contributed by atoms with Crippen LogP contribution in [0, 0.1) is 5.92 Å². The molecule has 2 heteroatoms. The Morgan fingerprint density at radius 1 is 1.05 bits per heavy atom. The lowest BCUT2D eigenvalue weighted by Gasteiger charge is -2.07. The van der Waals surface area contributed by atoms with Crippen LogP contribution in [0.1, 0.15) is 54.1 Å². The van der Waals surface area contributed by atoms with Gasteiger partial charge in [0, 0.05) is 22.1 Å². The molecule has 0 spiro atoms. The molecule has 0 aliphatic heterocycles. The fraction of sp³-hybridized carbons (Fsp3) is 0.350. The molecule has 1 aliphatic carbocycles. The lowest BCUT2D eigenvalue weighted by Crippen LogP contribution is -2.00. The van der Waals surface area contributed by atoms with Gasteiger partial charge in [-0.2, -0.15) is 0 Å². The molecular weight excluding hydrogens is 288 g/mol. The van der Waals surface area contributed by atoms with E-state index in [1.54, 1.807) is 0 Å². The third-order valence-corrected chi connectivity index (χ3v) is 5.22. The second kappa shape index (κ2) is 6.70. The molecule has 0 bridgehead atoms. The molecule has 0 amide bonds. The van der Waals surface area contributed by atoms with Gasteiger partial charge in [0.25, 0.3) is 0 Å². The highest BCUT2D eigenvalue weighted by atomic mass is 32.2. The van der Waals surface area contributed by atoms with Gasteiger partial charge in [-0.15, -0.1) is 11.8 Å². The lowest BCUT2D eigenvalue weighted by molar-refractivity contribution is 0.0967. The summed E-state index contributed by atoms with van der Waals surface area (Å²) in [5.74, 6) is 2.17. The molecule has 0 aromatic heterocycles. The highest BCUT2D eigenvalue weighted by molar-refractivity contribution is 7.98. The van der Waals surface area contributed by atoms with Crippen LogP contribution < -0.4 is 0 Å². The van der Waals surface area contributed by atoms with Crippen LogP contribution in [0.3, 0.4) is 0 Å². The molecule has 1 aliphatic rings. The molecule has 2 aromatic carbocycles. The predicted octanol–water partition coefficient (Wildman–Crippen LogP) is 5.70. The normalized spacial score (nSPS) is 14.3. The van der Waals surface area contributed by atoms with Crippen molar-refractivity contribution in [1.29, 1.82) is 0 Å². The van der Waals surface area contributed by atoms with Crippen LogP contribution in [0.15, 0.2) is 53.4 Å². The fourth-order valence-corrected chi connectivity index (χ4v) is 3.32. The van der Waals surface area contributed by atoms with E-state index in [1.807, 2.05) is 23.9 Å². The van der Waals surface area contributed by atoms with Gasteiger partial charge in [0.1, 0.15) is 0 Å². The summed E-state index contributed by atoms with van der Waals surface area (Å²) in [4.78, 5) is 13.2. The summed E-state index contributed by atoms with van der Waals surface area (Å²) in [5.41, 5.74) is 3.59. The summed E-state index contributed by atoms with van der Waals surface area (Å²) in [7, 11) is 0. The SMILES string of the molecule is CC(C)c1ccc(CSc2ccc(C(=O)C3CC3)cc2)cc1. The zero-order valence-corrected chi connectivity index (χ0v) is 14.0. The number of Topliss-reactive ketones (excluding diaryl/α,β-unsaturated/α-hetero) is 1. The average molecular weight is 310 g/mol. The third-order valence-electron chi connectivity index (χ3n) is 4.14. The summed E-state index contributed by atoms with van der Waals surface area (Å²) in [5, 5.41) is 0. The number of carbonyl (C=O) groups is 1. The van der Waals surface area contributed by atoms with E-state index in [9.17, 15) is 4.79 Å². The predicted molar refractivity (Wildman–Crippen MR) is 93.6 cm³/mol. The van der Waals surface area contributed by atoms with E-state index in [1.165, 1.54) is 16.0 Å². The van der Waals surface area contributed by atoms with Crippen molar-refractivity contribution in [2.24, 2.45) is 5.92 Å². The number of thioether (sulfide) groups is 1. The van der Waals surface area contributed by atoms with E-state index in [4.69, 9.17) is 0 Å². The summed E-state index contributed by atoms with van der Waals surface area (Å²) in [6.45, 7) is 4.43. The van der Waals surface area contributed by atoms with Crippen molar-refractivity contribution >= 4 is 17.5 Å². The quantitative estimate of drug-likeness (QED) is 0.503. The van der Waals surface area contributed by atoms with Gasteiger partial charge < -0.3 is 0 Å². The van der Waals surface area contributed by atoms with Crippen LogP contribution in [0.25, 0.3) is 0 Å². The Kier molecular flexibility index (Phi) is 4.68. The maximum absolute atomic E-state index is 12.0. The molecule has 0 radical (unpaired) electrons. The number of carbonyl (C=O) groups excluding carboxylic acids is 1. The van der Waals surface area contributed by atoms with Gasteiger partial charge in [0.2, 0.25) is 0 Å². The first-order valence-electron chi connectivity index (χ1n) is 7.99. The van der Waals surface area contributed by atoms with Crippen molar-refractivity contribution in [3.05, 3.63) is 65.2 Å². The Bertz CT molecular complexity index is 636. The van der Waals surface area contributed by atoms with Gasteiger partial charge in [-0.25, -0.2) is 0 Å². The molecule has 0 heterocycles. The van der Waals surface area contributed by atoms with E-state index in [0.29, 0.717) is 17.6 Å². The smallest absolute Gasteiger partial charge is 0.165 e. The summed E-state index contributed by atoms with van der Waals surface area (Å²) >= 11 is 1.82. The maximum atomic E-state index is 12.0. The first-order chi connectivity index (χ1) is 10.6. The lowest BCUT2D eigenvalue weighted by atomic mass is 10.0. The van der Waals surface area contributed by atoms with Crippen LogP contribution in [0.2, 0.25) is 0 Å². The van der Waals surface area contributed by atoms with Gasteiger partial charge in [-0.3, -0.25) is 4.79 Å². The van der Waals surface area contributed by atoms with E-state index < -0.39 is 0 Å². The van der Waals surface area contributed by atoms with Crippen LogP contribution in [-0.4, -0.2) is 5.78 Å². The van der Waals surface area contributed by atoms with Crippen LogP contribution in [-0.2, 0) is 5.75 Å². The van der Waals surface area contributed by atoms with Gasteiger partial charge in [-0.05, 0) is 42.0 Å². The number of hydrogen-bond acceptors (Lipinski definition) is 2. The molecule has 114 valence electrons. The molecule has 1 saturated carbocycles. The van der Waals surface area contributed by atoms with Crippen molar-refractivity contribution in [3.63, 3.8) is 0 Å². The minimum Gasteiger partial charge on any atom is -0.294 e. The molecule has 0 saturated heterocycles. The minimum absolute atomic E-state index is 0.304. The molecule has 3 rings (SSSR count). The molecule has 0 unspecified atom stereocenters. The van der Waals surface area contributed by atoms with Crippen LogP contribution >= 0.6 is 11.8 Å². The first-order valence-corrected chi connectivity index (χ1v) is 8.98. The zero-order valence-electron chi connectivity index (χ0n) is 13.2. The number of ketones is 1. The molecule has 0 atom stereocenters. The molecular formula is C20H22OS. The van der Waals surface area contributed by atoms with Gasteiger partial charge in [0.05, 0.1) is 0 Å². The second-order valence-electron chi connectivity index (χ2n) is 6.35. The van der Waals surface area contributed by atoms with E-state index >= 15 is 0 Å². The first kappa shape index (κ1) is 15.4. The minimum atomic E-state index is 0.304. The fourth-order valence-electron chi connectivity index (χ4n) is 2.46. The van der Waals surface area contributed by atoms with Crippen molar-refractivity contribution in [2.45, 2.75) is 43.3 Å². The van der Waals surface area contributed by atoms with E-state index in [0.717, 1.165) is 24.2 Å². The summed E-state index contributed by atoms with van der Waals surface area (Å²) in [6, 6.07) is 17.0. The number of hydrogen-bond donors (Lipinski definition) is 0. The topological polar surface area (TPSA) is 17.1 Å². The van der Waals surface area contributed by atoms with Crippen LogP contribution in [0.4, 0.5) is 0 Å². The van der Waals surface area contributed by atoms with Crippen molar-refractivity contribution < 1.29 is 4.79 Å². The zero-order chi connectivity index (χ0) is 15.5. The van der Waals surface area contributed by atoms with Gasteiger partial charge >= 0.3 is 0 Å². The van der Waals surface area contributed by atoms with Gasteiger partial charge in [0.15, 0.2) is 5.78 Å². The number of benzene rings is 2. The number of rotatable bonds is 6. The van der Waals surface area contributed by atoms with Gasteiger partial charge in [-0.1, -0.05) is 50.2 Å².